The highest BCUT2D eigenvalue weighted by molar-refractivity contribution is 5.80. The molecule has 0 saturated carbocycles. The van der Waals surface area contributed by atoms with Gasteiger partial charge in [-0.15, -0.1) is 0 Å². The second-order valence-corrected chi connectivity index (χ2v) is 4.19. The highest BCUT2D eigenvalue weighted by Crippen LogP contribution is 2.07. The predicted octanol–water partition coefficient (Wildman–Crippen LogP) is -0.267. The van der Waals surface area contributed by atoms with Crippen LogP contribution in [0.5, 0.6) is 0 Å². The van der Waals surface area contributed by atoms with Crippen LogP contribution in [0.3, 0.4) is 0 Å². The van der Waals surface area contributed by atoms with Crippen LogP contribution in [0, 0.1) is 0 Å². The van der Waals surface area contributed by atoms with Crippen molar-refractivity contribution in [3.63, 3.8) is 0 Å². The van der Waals surface area contributed by atoms with E-state index in [0.717, 1.165) is 32.7 Å². The van der Waals surface area contributed by atoms with Crippen molar-refractivity contribution < 1.29 is 9.53 Å². The van der Waals surface area contributed by atoms with Gasteiger partial charge in [0.1, 0.15) is 0 Å². The summed E-state index contributed by atoms with van der Waals surface area (Å²) < 4.78 is 5.01. The molecule has 1 amide bonds. The molecule has 1 unspecified atom stereocenters. The number of ether oxygens (including phenoxy) is 1. The lowest BCUT2D eigenvalue weighted by Crippen LogP contribution is -2.41. The van der Waals surface area contributed by atoms with Crippen LogP contribution in [0.4, 0.5) is 0 Å². The third kappa shape index (κ3) is 3.73. The average molecular weight is 229 g/mol. The van der Waals surface area contributed by atoms with E-state index in [9.17, 15) is 4.79 Å². The number of nitrogens with one attached hydrogen (secondary N) is 1. The van der Waals surface area contributed by atoms with Gasteiger partial charge in [0.05, 0.1) is 19.3 Å². The van der Waals surface area contributed by atoms with Crippen LogP contribution < -0.4 is 5.32 Å². The molecule has 0 aliphatic carbocycles. The molecule has 1 saturated heterocycles. The lowest BCUT2D eigenvalue weighted by Gasteiger charge is -2.26. The Morgan fingerprint density at radius 2 is 2.31 bits per heavy atom. The summed E-state index contributed by atoms with van der Waals surface area (Å²) in [6.07, 6.45) is 1.19. The van der Waals surface area contributed by atoms with Crippen LogP contribution in [0.2, 0.25) is 0 Å². The van der Waals surface area contributed by atoms with Crippen LogP contribution in [0.25, 0.3) is 0 Å². The second kappa shape index (κ2) is 6.83. The van der Waals surface area contributed by atoms with Crippen LogP contribution >= 0.6 is 0 Å². The van der Waals surface area contributed by atoms with Gasteiger partial charge in [0.25, 0.3) is 0 Å². The van der Waals surface area contributed by atoms with Crippen LogP contribution in [0.15, 0.2) is 0 Å². The van der Waals surface area contributed by atoms with Crippen molar-refractivity contribution in [1.29, 1.82) is 0 Å². The summed E-state index contributed by atoms with van der Waals surface area (Å²) in [5.74, 6) is 0.215. The van der Waals surface area contributed by atoms with E-state index >= 15 is 0 Å². The second-order valence-electron chi connectivity index (χ2n) is 4.19. The molecule has 0 bridgehead atoms. The standard InChI is InChI=1S/C11H23N3O2/c1-4-10-12-9-11(15)14(10)6-5-13(2)7-8-16-3/h10,12H,4-9H2,1-3H3. The lowest BCUT2D eigenvalue weighted by molar-refractivity contribution is -0.128. The molecule has 0 aromatic rings. The molecule has 5 nitrogen and oxygen atoms in total. The Bertz CT molecular complexity index is 223. The summed E-state index contributed by atoms with van der Waals surface area (Å²) in [5.41, 5.74) is 0. The first kappa shape index (κ1) is 13.4. The fourth-order valence-electron chi connectivity index (χ4n) is 1.87. The maximum atomic E-state index is 11.6. The van der Waals surface area contributed by atoms with Gasteiger partial charge < -0.3 is 14.5 Å². The van der Waals surface area contributed by atoms with E-state index in [1.165, 1.54) is 0 Å². The quantitative estimate of drug-likeness (QED) is 0.653. The number of methoxy groups -OCH3 is 1. The third-order valence-electron chi connectivity index (χ3n) is 2.97. The molecule has 16 heavy (non-hydrogen) atoms. The number of nitrogens with zero attached hydrogens (tertiary/aromatic N) is 2. The lowest BCUT2D eigenvalue weighted by atomic mass is 10.3. The first-order valence-electron chi connectivity index (χ1n) is 5.89. The van der Waals surface area contributed by atoms with Gasteiger partial charge in [-0.2, -0.15) is 0 Å². The largest absolute Gasteiger partial charge is 0.383 e. The number of hydrogen-bond acceptors (Lipinski definition) is 4. The van der Waals surface area contributed by atoms with E-state index < -0.39 is 0 Å². The Hall–Kier alpha value is -0.650. The first-order valence-corrected chi connectivity index (χ1v) is 5.89. The van der Waals surface area contributed by atoms with Crippen molar-refractivity contribution in [2.75, 3.05) is 46.9 Å². The summed E-state index contributed by atoms with van der Waals surface area (Å²) in [5, 5.41) is 3.21. The van der Waals surface area contributed by atoms with Gasteiger partial charge in [0.15, 0.2) is 0 Å². The van der Waals surface area contributed by atoms with Gasteiger partial charge in [0, 0.05) is 26.7 Å². The third-order valence-corrected chi connectivity index (χ3v) is 2.97. The molecule has 0 aromatic carbocycles. The zero-order valence-electron chi connectivity index (χ0n) is 10.5. The molecule has 1 rings (SSSR count). The fraction of sp³-hybridized carbons (Fsp3) is 0.909. The maximum absolute atomic E-state index is 11.6. The van der Waals surface area contributed by atoms with E-state index in [2.05, 4.69) is 17.1 Å². The highest BCUT2D eigenvalue weighted by Gasteiger charge is 2.28. The van der Waals surface area contributed by atoms with E-state index in [1.807, 2.05) is 11.9 Å². The number of likely N-dealkylation sites (N-methyl/N-ethyl adjacent to an activating group) is 1. The van der Waals surface area contributed by atoms with Gasteiger partial charge in [-0.25, -0.2) is 0 Å². The zero-order chi connectivity index (χ0) is 12.0. The van der Waals surface area contributed by atoms with Crippen molar-refractivity contribution in [3.05, 3.63) is 0 Å². The van der Waals surface area contributed by atoms with Crippen molar-refractivity contribution in [2.24, 2.45) is 0 Å². The molecule has 1 aliphatic rings. The molecule has 0 spiro atoms. The van der Waals surface area contributed by atoms with Crippen LogP contribution in [-0.4, -0.2) is 68.8 Å². The Balaban J connectivity index is 2.27. The molecule has 5 heteroatoms. The zero-order valence-corrected chi connectivity index (χ0v) is 10.5. The molecule has 1 atom stereocenters. The normalized spacial score (nSPS) is 21.1. The molecule has 0 radical (unpaired) electrons. The van der Waals surface area contributed by atoms with Gasteiger partial charge in [-0.05, 0) is 13.5 Å². The van der Waals surface area contributed by atoms with Crippen molar-refractivity contribution in [3.8, 4) is 0 Å². The summed E-state index contributed by atoms with van der Waals surface area (Å²) in [6.45, 7) is 5.92. The van der Waals surface area contributed by atoms with E-state index in [-0.39, 0.29) is 12.1 Å². The Kier molecular flexibility index (Phi) is 5.73. The first-order chi connectivity index (χ1) is 7.69. The number of carbonyl (C=O) groups is 1. The smallest absolute Gasteiger partial charge is 0.237 e. The van der Waals surface area contributed by atoms with E-state index in [0.29, 0.717) is 6.54 Å². The van der Waals surface area contributed by atoms with Gasteiger partial charge in [-0.1, -0.05) is 6.92 Å². The van der Waals surface area contributed by atoms with Gasteiger partial charge in [0.2, 0.25) is 5.91 Å². The summed E-state index contributed by atoms with van der Waals surface area (Å²) in [7, 11) is 3.75. The minimum absolute atomic E-state index is 0.215. The Labute approximate surface area is 97.7 Å². The van der Waals surface area contributed by atoms with Gasteiger partial charge in [-0.3, -0.25) is 10.1 Å². The molecular weight excluding hydrogens is 206 g/mol. The van der Waals surface area contributed by atoms with Crippen molar-refractivity contribution >= 4 is 5.91 Å². The SMILES string of the molecule is CCC1NCC(=O)N1CCN(C)CCOC. The molecule has 0 aromatic heterocycles. The van der Waals surface area contributed by atoms with E-state index in [1.54, 1.807) is 7.11 Å². The number of amides is 1. The Morgan fingerprint density at radius 1 is 1.56 bits per heavy atom. The number of carbonyl (C=O) groups excluding carboxylic acids is 1. The monoisotopic (exact) mass is 229 g/mol. The van der Waals surface area contributed by atoms with Crippen molar-refractivity contribution in [1.82, 2.24) is 15.1 Å². The average Bonchev–Trinajstić information content (AvgIpc) is 2.64. The summed E-state index contributed by atoms with van der Waals surface area (Å²) in [4.78, 5) is 15.7. The minimum atomic E-state index is 0.215. The topological polar surface area (TPSA) is 44.8 Å². The van der Waals surface area contributed by atoms with E-state index in [4.69, 9.17) is 4.74 Å². The molecule has 1 aliphatic heterocycles. The van der Waals surface area contributed by atoms with Crippen molar-refractivity contribution in [2.45, 2.75) is 19.5 Å². The minimum Gasteiger partial charge on any atom is -0.383 e. The highest BCUT2D eigenvalue weighted by atomic mass is 16.5. The Morgan fingerprint density at radius 3 is 2.94 bits per heavy atom. The van der Waals surface area contributed by atoms with Crippen LogP contribution in [-0.2, 0) is 9.53 Å². The molecule has 1 heterocycles. The number of rotatable bonds is 7. The van der Waals surface area contributed by atoms with Gasteiger partial charge >= 0.3 is 0 Å². The molecule has 1 fully saturated rings. The molecule has 1 N–H and O–H groups in total. The molecular formula is C11H23N3O2. The fourth-order valence-corrected chi connectivity index (χ4v) is 1.87. The number of hydrogen-bond donors (Lipinski definition) is 1. The van der Waals surface area contributed by atoms with Crippen LogP contribution in [0.1, 0.15) is 13.3 Å². The predicted molar refractivity (Wildman–Crippen MR) is 63.2 cm³/mol. The summed E-state index contributed by atoms with van der Waals surface area (Å²) >= 11 is 0. The summed E-state index contributed by atoms with van der Waals surface area (Å²) in [6, 6.07) is 0. The maximum Gasteiger partial charge on any atom is 0.237 e. The molecule has 94 valence electrons.